The third-order valence-electron chi connectivity index (χ3n) is 3.09. The zero-order chi connectivity index (χ0) is 15.3. The summed E-state index contributed by atoms with van der Waals surface area (Å²) in [6, 6.07) is 9.26. The highest BCUT2D eigenvalue weighted by atomic mass is 32.2. The predicted octanol–water partition coefficient (Wildman–Crippen LogP) is 2.26. The molecule has 1 atom stereocenters. The van der Waals surface area contributed by atoms with Crippen LogP contribution in [0.4, 0.5) is 0 Å². The smallest absolute Gasteiger partial charge is 0.216 e. The summed E-state index contributed by atoms with van der Waals surface area (Å²) in [7, 11) is -3.35. The average molecular weight is 324 g/mol. The third-order valence-corrected chi connectivity index (χ3v) is 5.29. The minimum absolute atomic E-state index is 0.0190. The predicted molar refractivity (Wildman–Crippen MR) is 87.6 cm³/mol. The second-order valence-corrected chi connectivity index (χ2v) is 7.67. The first-order chi connectivity index (χ1) is 9.98. The highest BCUT2D eigenvalue weighted by molar-refractivity contribution is 7.88. The van der Waals surface area contributed by atoms with Crippen molar-refractivity contribution in [2.45, 2.75) is 31.7 Å². The molecule has 0 radical (unpaired) electrons. The Morgan fingerprint density at radius 2 is 2.00 bits per heavy atom. The van der Waals surface area contributed by atoms with Crippen molar-refractivity contribution >= 4 is 21.4 Å². The molecule has 0 bridgehead atoms. The fourth-order valence-electron chi connectivity index (χ4n) is 2.22. The Morgan fingerprint density at radius 1 is 1.24 bits per heavy atom. The summed E-state index contributed by atoms with van der Waals surface area (Å²) in [5.74, 6) is -0.0190. The molecule has 3 N–H and O–H groups in total. The minimum Gasteiger partial charge on any atom is -0.326 e. The lowest BCUT2D eigenvalue weighted by molar-refractivity contribution is 0.559. The zero-order valence-corrected chi connectivity index (χ0v) is 13.6. The van der Waals surface area contributed by atoms with E-state index in [-0.39, 0.29) is 11.8 Å². The average Bonchev–Trinajstić information content (AvgIpc) is 2.90. The number of sulfonamides is 1. The van der Waals surface area contributed by atoms with Gasteiger partial charge >= 0.3 is 0 Å². The molecular weight excluding hydrogens is 304 g/mol. The van der Waals surface area contributed by atoms with E-state index >= 15 is 0 Å². The van der Waals surface area contributed by atoms with Gasteiger partial charge in [0, 0.05) is 12.6 Å². The van der Waals surface area contributed by atoms with Gasteiger partial charge in [-0.05, 0) is 46.9 Å². The van der Waals surface area contributed by atoms with Gasteiger partial charge in [0.2, 0.25) is 10.0 Å². The molecule has 0 fully saturated rings. The van der Waals surface area contributed by atoms with Gasteiger partial charge in [-0.2, -0.15) is 11.3 Å². The largest absolute Gasteiger partial charge is 0.326 e. The van der Waals surface area contributed by atoms with Crippen molar-refractivity contribution in [3.05, 3.63) is 57.8 Å². The van der Waals surface area contributed by atoms with E-state index in [1.807, 2.05) is 48.0 Å². The lowest BCUT2D eigenvalue weighted by Crippen LogP contribution is -2.34. The van der Waals surface area contributed by atoms with Gasteiger partial charge in [0.25, 0.3) is 0 Å². The Hall–Kier alpha value is -1.21. The number of benzene rings is 1. The Bertz CT molecular complexity index is 667. The van der Waals surface area contributed by atoms with Crippen molar-refractivity contribution in [1.29, 1.82) is 0 Å². The van der Waals surface area contributed by atoms with E-state index in [0.29, 0.717) is 13.0 Å². The van der Waals surface area contributed by atoms with E-state index in [2.05, 4.69) is 4.72 Å². The number of hydrogen-bond acceptors (Lipinski definition) is 4. The van der Waals surface area contributed by atoms with Crippen molar-refractivity contribution in [3.8, 4) is 0 Å². The Morgan fingerprint density at radius 3 is 2.67 bits per heavy atom. The maximum absolute atomic E-state index is 12.2. The molecule has 0 saturated heterocycles. The Kier molecular flexibility index (Phi) is 5.52. The highest BCUT2D eigenvalue weighted by Gasteiger charge is 2.16. The van der Waals surface area contributed by atoms with Gasteiger partial charge in [-0.15, -0.1) is 0 Å². The SMILES string of the molecule is CC(Cc1ccsc1)NS(=O)(=O)Cc1cccc(CN)c1. The van der Waals surface area contributed by atoms with E-state index in [1.54, 1.807) is 11.3 Å². The van der Waals surface area contributed by atoms with E-state index in [4.69, 9.17) is 5.73 Å². The fourth-order valence-corrected chi connectivity index (χ4v) is 4.30. The topological polar surface area (TPSA) is 72.2 Å². The lowest BCUT2D eigenvalue weighted by Gasteiger charge is -2.14. The lowest BCUT2D eigenvalue weighted by atomic mass is 10.1. The van der Waals surface area contributed by atoms with Crippen molar-refractivity contribution in [2.75, 3.05) is 0 Å². The van der Waals surface area contributed by atoms with Crippen molar-refractivity contribution in [2.24, 2.45) is 5.73 Å². The molecule has 2 aromatic rings. The van der Waals surface area contributed by atoms with Crippen molar-refractivity contribution < 1.29 is 8.42 Å². The summed E-state index contributed by atoms with van der Waals surface area (Å²) in [5.41, 5.74) is 8.42. The molecule has 0 saturated carbocycles. The van der Waals surface area contributed by atoms with Crippen molar-refractivity contribution in [1.82, 2.24) is 4.72 Å². The van der Waals surface area contributed by atoms with Crippen LogP contribution < -0.4 is 10.5 Å². The van der Waals surface area contributed by atoms with Gasteiger partial charge in [-0.1, -0.05) is 24.3 Å². The molecule has 1 heterocycles. The quantitative estimate of drug-likeness (QED) is 0.820. The van der Waals surface area contributed by atoms with Crippen LogP contribution in [0.2, 0.25) is 0 Å². The van der Waals surface area contributed by atoms with E-state index in [9.17, 15) is 8.42 Å². The Balaban J connectivity index is 1.97. The van der Waals surface area contributed by atoms with Gasteiger partial charge in [0.05, 0.1) is 5.75 Å². The summed E-state index contributed by atoms with van der Waals surface area (Å²) < 4.78 is 27.1. The van der Waals surface area contributed by atoms with Crippen LogP contribution in [-0.4, -0.2) is 14.5 Å². The summed E-state index contributed by atoms with van der Waals surface area (Å²) >= 11 is 1.62. The summed E-state index contributed by atoms with van der Waals surface area (Å²) in [6.07, 6.45) is 0.700. The molecule has 114 valence electrons. The van der Waals surface area contributed by atoms with Crippen molar-refractivity contribution in [3.63, 3.8) is 0 Å². The molecule has 21 heavy (non-hydrogen) atoms. The van der Waals surface area contributed by atoms with Crippen LogP contribution in [0, 0.1) is 0 Å². The van der Waals surface area contributed by atoms with E-state index in [0.717, 1.165) is 16.7 Å². The maximum atomic E-state index is 12.2. The third kappa shape index (κ3) is 5.24. The van der Waals surface area contributed by atoms with Crippen LogP contribution in [0.1, 0.15) is 23.6 Å². The standard InChI is InChI=1S/C15H20N2O2S2/c1-12(7-14-5-6-20-10-14)17-21(18,19)11-15-4-2-3-13(8-15)9-16/h2-6,8,10,12,17H,7,9,11,16H2,1H3. The van der Waals surface area contributed by atoms with Crippen LogP contribution in [-0.2, 0) is 28.7 Å². The van der Waals surface area contributed by atoms with Gasteiger partial charge < -0.3 is 5.73 Å². The van der Waals surface area contributed by atoms with E-state index in [1.165, 1.54) is 0 Å². The van der Waals surface area contributed by atoms with Crippen LogP contribution in [0.5, 0.6) is 0 Å². The second-order valence-electron chi connectivity index (χ2n) is 5.14. The molecule has 1 aromatic carbocycles. The molecule has 6 heteroatoms. The highest BCUT2D eigenvalue weighted by Crippen LogP contribution is 2.11. The molecule has 2 rings (SSSR count). The normalized spacial score (nSPS) is 13.2. The van der Waals surface area contributed by atoms with Gasteiger partial charge in [-0.3, -0.25) is 0 Å². The van der Waals surface area contributed by atoms with Crippen LogP contribution in [0.25, 0.3) is 0 Å². The first kappa shape index (κ1) is 16.2. The summed E-state index contributed by atoms with van der Waals surface area (Å²) in [6.45, 7) is 2.29. The fraction of sp³-hybridized carbons (Fsp3) is 0.333. The van der Waals surface area contributed by atoms with Crippen LogP contribution in [0.15, 0.2) is 41.1 Å². The summed E-state index contributed by atoms with van der Waals surface area (Å²) in [4.78, 5) is 0. The molecule has 0 aliphatic rings. The molecule has 1 aromatic heterocycles. The number of hydrogen-bond donors (Lipinski definition) is 2. The van der Waals surface area contributed by atoms with Gasteiger partial charge in [-0.25, -0.2) is 13.1 Å². The molecular formula is C15H20N2O2S2. The maximum Gasteiger partial charge on any atom is 0.216 e. The van der Waals surface area contributed by atoms with Crippen LogP contribution >= 0.6 is 11.3 Å². The number of thiophene rings is 1. The molecule has 0 amide bonds. The minimum atomic E-state index is -3.35. The van der Waals surface area contributed by atoms with Gasteiger partial charge in [0.1, 0.15) is 0 Å². The number of rotatable bonds is 7. The molecule has 0 aliphatic carbocycles. The monoisotopic (exact) mass is 324 g/mol. The first-order valence-electron chi connectivity index (χ1n) is 6.77. The number of nitrogens with two attached hydrogens (primary N) is 1. The van der Waals surface area contributed by atoms with E-state index < -0.39 is 10.0 Å². The summed E-state index contributed by atoms with van der Waals surface area (Å²) in [5, 5.41) is 4.03. The number of nitrogens with one attached hydrogen (secondary N) is 1. The first-order valence-corrected chi connectivity index (χ1v) is 9.37. The molecule has 1 unspecified atom stereocenters. The molecule has 0 aliphatic heterocycles. The molecule has 0 spiro atoms. The Labute approximate surface area is 130 Å². The molecule has 4 nitrogen and oxygen atoms in total. The van der Waals surface area contributed by atoms with Crippen LogP contribution in [0.3, 0.4) is 0 Å². The second kappa shape index (κ2) is 7.17. The zero-order valence-electron chi connectivity index (χ0n) is 12.0. The van der Waals surface area contributed by atoms with Gasteiger partial charge in [0.15, 0.2) is 0 Å².